The summed E-state index contributed by atoms with van der Waals surface area (Å²) in [4.78, 5) is 61.4. The molecule has 17 heteroatoms. The molecule has 0 saturated carbocycles. The van der Waals surface area contributed by atoms with Gasteiger partial charge < -0.3 is 26.1 Å². The second-order valence-electron chi connectivity index (χ2n) is 9.80. The van der Waals surface area contributed by atoms with E-state index in [1.165, 1.54) is 17.5 Å². The number of hydrogen-bond donors (Lipinski definition) is 4. The van der Waals surface area contributed by atoms with Gasteiger partial charge in [0, 0.05) is 31.2 Å². The highest BCUT2D eigenvalue weighted by Crippen LogP contribution is 2.31. The van der Waals surface area contributed by atoms with Gasteiger partial charge in [-0.3, -0.25) is 24.4 Å². The van der Waals surface area contributed by atoms with Crippen LogP contribution in [0.25, 0.3) is 0 Å². The summed E-state index contributed by atoms with van der Waals surface area (Å²) in [7, 11) is 0. The SMILES string of the molecule is CC(C)(C)OC(=O)N1OCCC1c1cncc(C(N)=O)c1.NC(=O)c1cncc(C2CCON2)c1.O=C(O)C(F)(F)F. The summed E-state index contributed by atoms with van der Waals surface area (Å²) in [6, 6.07) is 3.13. The Balaban J connectivity index is 0.000000252. The van der Waals surface area contributed by atoms with E-state index < -0.39 is 35.7 Å². The Hall–Kier alpha value is -4.35. The fourth-order valence-electron chi connectivity index (χ4n) is 3.45. The van der Waals surface area contributed by atoms with E-state index in [1.54, 1.807) is 45.3 Å². The Morgan fingerprint density at radius 1 is 0.952 bits per heavy atom. The zero-order valence-corrected chi connectivity index (χ0v) is 22.9. The van der Waals surface area contributed by atoms with Gasteiger partial charge in [0.2, 0.25) is 11.8 Å². The van der Waals surface area contributed by atoms with E-state index in [2.05, 4.69) is 15.4 Å². The van der Waals surface area contributed by atoms with Gasteiger partial charge in [-0.15, -0.1) is 0 Å². The monoisotopic (exact) mass is 600 g/mol. The number of carboxylic acids is 1. The summed E-state index contributed by atoms with van der Waals surface area (Å²) < 4.78 is 37.0. The maximum atomic E-state index is 12.1. The summed E-state index contributed by atoms with van der Waals surface area (Å²) in [5, 5.41) is 8.31. The van der Waals surface area contributed by atoms with E-state index in [1.807, 2.05) is 0 Å². The summed E-state index contributed by atoms with van der Waals surface area (Å²) in [5.74, 6) is -3.78. The van der Waals surface area contributed by atoms with Crippen LogP contribution in [0.3, 0.4) is 0 Å². The van der Waals surface area contributed by atoms with Crippen LogP contribution in [0.2, 0.25) is 0 Å². The lowest BCUT2D eigenvalue weighted by Gasteiger charge is -2.27. The predicted molar refractivity (Wildman–Crippen MR) is 137 cm³/mol. The fourth-order valence-corrected chi connectivity index (χ4v) is 3.45. The van der Waals surface area contributed by atoms with Crippen LogP contribution in [-0.4, -0.2) is 69.0 Å². The number of rotatable bonds is 4. The molecule has 6 N–H and O–H groups in total. The Bertz CT molecular complexity index is 1270. The number of nitrogens with two attached hydrogens (primary N) is 2. The minimum atomic E-state index is -5.08. The number of hydroxylamine groups is 3. The largest absolute Gasteiger partial charge is 0.490 e. The lowest BCUT2D eigenvalue weighted by molar-refractivity contribution is -0.192. The molecule has 2 fully saturated rings. The van der Waals surface area contributed by atoms with Gasteiger partial charge in [-0.25, -0.2) is 9.59 Å². The standard InChI is InChI=1S/C14H19N3O4.C9H11N3O2.C2HF3O2/c1-14(2,3)21-13(19)17-11(4-5-20-17)9-6-10(12(15)18)8-16-7-9;10-9(13)7-3-6(4-11-5-7)8-1-2-14-12-8;3-2(4,5)1(6)7/h6-8,11H,4-5H2,1-3H3,(H2,15,18);3-5,8,12H,1-2H2,(H2,10,13);(H,6,7). The van der Waals surface area contributed by atoms with E-state index in [0.717, 1.165) is 12.0 Å². The number of primary amides is 2. The van der Waals surface area contributed by atoms with E-state index in [9.17, 15) is 27.6 Å². The van der Waals surface area contributed by atoms with Crippen LogP contribution in [0.15, 0.2) is 36.9 Å². The van der Waals surface area contributed by atoms with E-state index in [4.69, 9.17) is 35.8 Å². The van der Waals surface area contributed by atoms with Gasteiger partial charge in [0.1, 0.15) is 5.60 Å². The average molecular weight is 601 g/mol. The van der Waals surface area contributed by atoms with Gasteiger partial charge in [-0.1, -0.05) is 0 Å². The third-order valence-electron chi connectivity index (χ3n) is 5.33. The molecular formula is C25H31F3N6O8. The van der Waals surface area contributed by atoms with Crippen molar-refractivity contribution in [3.63, 3.8) is 0 Å². The number of hydrogen-bond acceptors (Lipinski definition) is 10. The number of ether oxygens (including phenoxy) is 1. The molecule has 0 aromatic carbocycles. The Labute approximate surface area is 238 Å². The third kappa shape index (κ3) is 10.6. The first-order chi connectivity index (χ1) is 19.5. The molecule has 0 aliphatic carbocycles. The molecule has 0 bridgehead atoms. The van der Waals surface area contributed by atoms with Crippen LogP contribution in [-0.2, 0) is 19.2 Å². The molecule has 4 heterocycles. The number of nitrogens with one attached hydrogen (secondary N) is 1. The van der Waals surface area contributed by atoms with Crippen molar-refractivity contribution in [1.82, 2.24) is 20.5 Å². The predicted octanol–water partition coefficient (Wildman–Crippen LogP) is 2.57. The highest BCUT2D eigenvalue weighted by Gasteiger charge is 2.38. The molecule has 14 nitrogen and oxygen atoms in total. The average Bonchev–Trinajstić information content (AvgIpc) is 3.61. The Morgan fingerprint density at radius 2 is 1.48 bits per heavy atom. The Kier molecular flexibility index (Phi) is 11.7. The first kappa shape index (κ1) is 33.9. The van der Waals surface area contributed by atoms with Crippen molar-refractivity contribution in [2.24, 2.45) is 11.5 Å². The minimum absolute atomic E-state index is 0.113. The van der Waals surface area contributed by atoms with Gasteiger partial charge in [0.25, 0.3) is 0 Å². The number of amides is 3. The van der Waals surface area contributed by atoms with Gasteiger partial charge in [-0.05, 0) is 50.5 Å². The van der Waals surface area contributed by atoms with Crippen molar-refractivity contribution >= 4 is 23.9 Å². The number of aliphatic carboxylic acids is 1. The van der Waals surface area contributed by atoms with E-state index in [-0.39, 0.29) is 12.1 Å². The highest BCUT2D eigenvalue weighted by molar-refractivity contribution is 5.93. The molecule has 4 rings (SSSR count). The molecule has 2 atom stereocenters. The van der Waals surface area contributed by atoms with Crippen molar-refractivity contribution in [2.45, 2.75) is 57.5 Å². The number of nitrogens with zero attached hydrogens (tertiary/aromatic N) is 3. The quantitative estimate of drug-likeness (QED) is 0.401. The molecule has 2 aliphatic heterocycles. The second-order valence-corrected chi connectivity index (χ2v) is 9.80. The van der Waals surface area contributed by atoms with Gasteiger partial charge in [-0.2, -0.15) is 23.7 Å². The van der Waals surface area contributed by atoms with E-state index >= 15 is 0 Å². The normalized spacial score (nSPS) is 18.2. The van der Waals surface area contributed by atoms with Crippen molar-refractivity contribution in [3.8, 4) is 0 Å². The number of pyridine rings is 2. The maximum Gasteiger partial charge on any atom is 0.490 e. The number of carbonyl (C=O) groups is 4. The molecule has 2 aromatic heterocycles. The van der Waals surface area contributed by atoms with Gasteiger partial charge in [0.15, 0.2) is 0 Å². The number of aromatic nitrogens is 2. The number of carboxylic acid groups (broad SMARTS) is 1. The fraction of sp³-hybridized carbons (Fsp3) is 0.440. The van der Waals surface area contributed by atoms with Crippen LogP contribution in [0.5, 0.6) is 0 Å². The number of carbonyl (C=O) groups excluding carboxylic acids is 3. The van der Waals surface area contributed by atoms with Crippen LogP contribution in [0, 0.1) is 0 Å². The smallest absolute Gasteiger partial charge is 0.475 e. The van der Waals surface area contributed by atoms with Crippen molar-refractivity contribution in [2.75, 3.05) is 13.2 Å². The summed E-state index contributed by atoms with van der Waals surface area (Å²) in [6.45, 7) is 6.41. The minimum Gasteiger partial charge on any atom is -0.475 e. The summed E-state index contributed by atoms with van der Waals surface area (Å²) in [5.41, 5.74) is 15.0. The van der Waals surface area contributed by atoms with Crippen molar-refractivity contribution in [3.05, 3.63) is 59.2 Å². The van der Waals surface area contributed by atoms with Crippen LogP contribution in [0.1, 0.15) is 77.5 Å². The lowest BCUT2D eigenvalue weighted by atomic mass is 10.0. The zero-order chi connectivity index (χ0) is 31.7. The molecule has 2 saturated heterocycles. The molecule has 42 heavy (non-hydrogen) atoms. The molecule has 230 valence electrons. The molecule has 0 spiro atoms. The molecular weight excluding hydrogens is 569 g/mol. The lowest BCUT2D eigenvalue weighted by Crippen LogP contribution is -2.35. The van der Waals surface area contributed by atoms with Crippen molar-refractivity contribution < 1.29 is 51.9 Å². The number of halogens is 3. The van der Waals surface area contributed by atoms with Crippen LogP contribution in [0.4, 0.5) is 18.0 Å². The summed E-state index contributed by atoms with van der Waals surface area (Å²) >= 11 is 0. The molecule has 0 radical (unpaired) electrons. The maximum absolute atomic E-state index is 12.1. The topological polar surface area (TPSA) is 209 Å². The third-order valence-corrected chi connectivity index (χ3v) is 5.33. The van der Waals surface area contributed by atoms with Gasteiger partial charge >= 0.3 is 18.2 Å². The molecule has 2 aliphatic rings. The molecule has 2 aromatic rings. The number of alkyl halides is 3. The second kappa shape index (κ2) is 14.5. The summed E-state index contributed by atoms with van der Waals surface area (Å²) in [6.07, 6.45) is 1.98. The first-order valence-corrected chi connectivity index (χ1v) is 12.3. The van der Waals surface area contributed by atoms with Crippen molar-refractivity contribution in [1.29, 1.82) is 0 Å². The first-order valence-electron chi connectivity index (χ1n) is 12.3. The van der Waals surface area contributed by atoms with Crippen LogP contribution >= 0.6 is 0 Å². The Morgan fingerprint density at radius 3 is 1.93 bits per heavy atom. The zero-order valence-electron chi connectivity index (χ0n) is 22.9. The highest BCUT2D eigenvalue weighted by atomic mass is 19.4. The van der Waals surface area contributed by atoms with E-state index in [0.29, 0.717) is 36.3 Å². The molecule has 2 unspecified atom stereocenters. The van der Waals surface area contributed by atoms with Gasteiger partial charge in [0.05, 0.1) is 36.4 Å². The van der Waals surface area contributed by atoms with Crippen LogP contribution < -0.4 is 16.9 Å². The molecule has 3 amide bonds.